The number of aryl methyl sites for hydroxylation is 2. The van der Waals surface area contributed by atoms with E-state index in [-0.39, 0.29) is 23.3 Å². The zero-order chi connectivity index (χ0) is 26.0. The number of nitrogens with one attached hydrogen (secondary N) is 1. The zero-order valence-electron chi connectivity index (χ0n) is 20.0. The molecule has 0 bridgehead atoms. The van der Waals surface area contributed by atoms with Gasteiger partial charge in [-0.2, -0.15) is 18.3 Å². The van der Waals surface area contributed by atoms with Gasteiger partial charge in [-0.3, -0.25) is 14.2 Å². The molecule has 0 aliphatic heterocycles. The molecule has 2 aromatic heterocycles. The number of ether oxygens (including phenoxy) is 1. The Labute approximate surface area is 205 Å². The average molecular weight is 499 g/mol. The van der Waals surface area contributed by atoms with Gasteiger partial charge in [-0.05, 0) is 48.7 Å². The highest BCUT2D eigenvalue weighted by Crippen LogP contribution is 2.36. The highest BCUT2D eigenvalue weighted by atomic mass is 19.4. The van der Waals surface area contributed by atoms with E-state index in [2.05, 4.69) is 10.4 Å². The van der Waals surface area contributed by atoms with E-state index in [1.54, 1.807) is 43.5 Å². The zero-order valence-corrected chi connectivity index (χ0v) is 20.0. The van der Waals surface area contributed by atoms with Gasteiger partial charge in [0.25, 0.3) is 5.56 Å². The molecule has 4 rings (SSSR count). The van der Waals surface area contributed by atoms with Crippen molar-refractivity contribution in [3.05, 3.63) is 87.3 Å². The first kappa shape index (κ1) is 25.0. The number of hydrogen-bond donors (Lipinski definition) is 1. The standard InChI is InChI=1S/C26H25F3N4O3/c1-4-17-5-9-19(10-6-17)33-25-24(16(2)31-33)21(26(27,28)29)13-23(35)32(25)15-22(34)30-14-18-7-11-20(36-3)12-8-18/h5-13H,4,14-15H2,1-3H3,(H,30,34). The molecule has 0 unspecified atom stereocenters. The van der Waals surface area contributed by atoms with E-state index in [0.717, 1.165) is 22.1 Å². The normalized spacial score (nSPS) is 11.6. The van der Waals surface area contributed by atoms with Crippen molar-refractivity contribution in [1.29, 1.82) is 0 Å². The number of methoxy groups -OCH3 is 1. The van der Waals surface area contributed by atoms with Crippen molar-refractivity contribution in [2.24, 2.45) is 0 Å². The molecule has 0 radical (unpaired) electrons. The van der Waals surface area contributed by atoms with E-state index in [1.807, 2.05) is 19.1 Å². The number of carbonyl (C=O) groups is 1. The predicted octanol–water partition coefficient (Wildman–Crippen LogP) is 4.40. The topological polar surface area (TPSA) is 78.2 Å². The van der Waals surface area contributed by atoms with Crippen LogP contribution in [0.25, 0.3) is 16.7 Å². The van der Waals surface area contributed by atoms with Crippen LogP contribution in [0.15, 0.2) is 59.4 Å². The summed E-state index contributed by atoms with van der Waals surface area (Å²) in [4.78, 5) is 25.7. The Balaban J connectivity index is 1.76. The molecule has 0 aliphatic rings. The van der Waals surface area contributed by atoms with Gasteiger partial charge in [0.15, 0.2) is 0 Å². The molecule has 0 fully saturated rings. The predicted molar refractivity (Wildman–Crippen MR) is 129 cm³/mol. The van der Waals surface area contributed by atoms with Gasteiger partial charge in [0.1, 0.15) is 17.9 Å². The number of amides is 1. The summed E-state index contributed by atoms with van der Waals surface area (Å²) in [5.74, 6) is 0.139. The molecule has 36 heavy (non-hydrogen) atoms. The minimum atomic E-state index is -4.77. The SMILES string of the molecule is CCc1ccc(-n2nc(C)c3c(C(F)(F)F)cc(=O)n(CC(=O)NCc4ccc(OC)cc4)c32)cc1. The van der Waals surface area contributed by atoms with Crippen LogP contribution in [0.2, 0.25) is 0 Å². The van der Waals surface area contributed by atoms with Gasteiger partial charge in [-0.15, -0.1) is 0 Å². The molecular weight excluding hydrogens is 473 g/mol. The fourth-order valence-corrected chi connectivity index (χ4v) is 4.03. The van der Waals surface area contributed by atoms with Gasteiger partial charge in [0.2, 0.25) is 5.91 Å². The molecule has 2 aromatic carbocycles. The molecule has 1 amide bonds. The first-order chi connectivity index (χ1) is 17.1. The maximum absolute atomic E-state index is 13.9. The van der Waals surface area contributed by atoms with E-state index in [1.165, 1.54) is 11.6 Å². The summed E-state index contributed by atoms with van der Waals surface area (Å²) in [5.41, 5.74) is 0.313. The smallest absolute Gasteiger partial charge is 0.417 e. The maximum Gasteiger partial charge on any atom is 0.417 e. The average Bonchev–Trinajstić information content (AvgIpc) is 3.20. The van der Waals surface area contributed by atoms with Crippen molar-refractivity contribution >= 4 is 16.9 Å². The largest absolute Gasteiger partial charge is 0.497 e. The van der Waals surface area contributed by atoms with Crippen molar-refractivity contribution in [3.8, 4) is 11.4 Å². The van der Waals surface area contributed by atoms with E-state index in [0.29, 0.717) is 17.5 Å². The summed E-state index contributed by atoms with van der Waals surface area (Å²) in [6.45, 7) is 3.15. The molecule has 10 heteroatoms. The lowest BCUT2D eigenvalue weighted by atomic mass is 10.1. The second-order valence-electron chi connectivity index (χ2n) is 8.32. The van der Waals surface area contributed by atoms with E-state index in [9.17, 15) is 22.8 Å². The maximum atomic E-state index is 13.9. The van der Waals surface area contributed by atoms with Crippen LogP contribution in [0.1, 0.15) is 29.3 Å². The number of aromatic nitrogens is 3. The fourth-order valence-electron chi connectivity index (χ4n) is 4.03. The number of rotatable bonds is 7. The highest BCUT2D eigenvalue weighted by molar-refractivity contribution is 5.86. The lowest BCUT2D eigenvalue weighted by Gasteiger charge is -2.15. The van der Waals surface area contributed by atoms with Crippen molar-refractivity contribution in [1.82, 2.24) is 19.7 Å². The Morgan fingerprint density at radius 2 is 1.69 bits per heavy atom. The third-order valence-corrected chi connectivity index (χ3v) is 5.94. The van der Waals surface area contributed by atoms with E-state index in [4.69, 9.17) is 4.74 Å². The van der Waals surface area contributed by atoms with Crippen LogP contribution in [0.3, 0.4) is 0 Å². The summed E-state index contributed by atoms with van der Waals surface area (Å²) < 4.78 is 49.0. The summed E-state index contributed by atoms with van der Waals surface area (Å²) in [5, 5.41) is 6.82. The molecule has 188 valence electrons. The Hall–Kier alpha value is -4.08. The summed E-state index contributed by atoms with van der Waals surface area (Å²) in [7, 11) is 1.55. The number of halogens is 3. The number of carbonyl (C=O) groups excluding carboxylic acids is 1. The second-order valence-corrected chi connectivity index (χ2v) is 8.32. The molecule has 0 atom stereocenters. The second kappa shape index (κ2) is 9.88. The number of hydrogen-bond acceptors (Lipinski definition) is 4. The number of fused-ring (bicyclic) bond motifs is 1. The third-order valence-electron chi connectivity index (χ3n) is 5.94. The molecule has 0 saturated carbocycles. The summed E-state index contributed by atoms with van der Waals surface area (Å²) in [6, 6.07) is 14.7. The third kappa shape index (κ3) is 4.98. The van der Waals surface area contributed by atoms with Crippen LogP contribution < -0.4 is 15.6 Å². The van der Waals surface area contributed by atoms with Gasteiger partial charge < -0.3 is 10.1 Å². The van der Waals surface area contributed by atoms with Crippen molar-refractivity contribution < 1.29 is 22.7 Å². The van der Waals surface area contributed by atoms with E-state index < -0.39 is 29.8 Å². The molecule has 4 aromatic rings. The van der Waals surface area contributed by atoms with Gasteiger partial charge in [0.05, 0.1) is 29.4 Å². The minimum Gasteiger partial charge on any atom is -0.497 e. The minimum absolute atomic E-state index is 0.0869. The first-order valence-corrected chi connectivity index (χ1v) is 11.3. The first-order valence-electron chi connectivity index (χ1n) is 11.3. The van der Waals surface area contributed by atoms with E-state index >= 15 is 0 Å². The van der Waals surface area contributed by atoms with Gasteiger partial charge in [-0.1, -0.05) is 31.2 Å². The lowest BCUT2D eigenvalue weighted by Crippen LogP contribution is -2.33. The Bertz CT molecular complexity index is 1450. The van der Waals surface area contributed by atoms with Crippen LogP contribution in [0.5, 0.6) is 5.75 Å². The quantitative estimate of drug-likeness (QED) is 0.410. The van der Waals surface area contributed by atoms with Crippen LogP contribution in [0, 0.1) is 6.92 Å². The molecule has 1 N–H and O–H groups in total. The summed E-state index contributed by atoms with van der Waals surface area (Å²) in [6.07, 6.45) is -3.98. The molecule has 0 saturated heterocycles. The van der Waals surface area contributed by atoms with Crippen molar-refractivity contribution in [2.75, 3.05) is 7.11 Å². The highest BCUT2D eigenvalue weighted by Gasteiger charge is 2.36. The number of benzene rings is 2. The molecule has 0 aliphatic carbocycles. The Morgan fingerprint density at radius 1 is 1.06 bits per heavy atom. The Kier molecular flexibility index (Phi) is 6.87. The lowest BCUT2D eigenvalue weighted by molar-refractivity contribution is -0.136. The van der Waals surface area contributed by atoms with Gasteiger partial charge in [-0.25, -0.2) is 4.68 Å². The number of nitrogens with zero attached hydrogens (tertiary/aromatic N) is 3. The molecular formula is C26H25F3N4O3. The van der Waals surface area contributed by atoms with Crippen LogP contribution in [-0.2, 0) is 30.5 Å². The monoisotopic (exact) mass is 498 g/mol. The summed E-state index contributed by atoms with van der Waals surface area (Å²) >= 11 is 0. The number of alkyl halides is 3. The van der Waals surface area contributed by atoms with Crippen LogP contribution >= 0.6 is 0 Å². The van der Waals surface area contributed by atoms with Crippen molar-refractivity contribution in [2.45, 2.75) is 39.5 Å². The fraction of sp³-hybridized carbons (Fsp3) is 0.269. The Morgan fingerprint density at radius 3 is 2.28 bits per heavy atom. The van der Waals surface area contributed by atoms with Crippen LogP contribution in [0.4, 0.5) is 13.2 Å². The van der Waals surface area contributed by atoms with Crippen LogP contribution in [-0.4, -0.2) is 27.4 Å². The number of pyridine rings is 1. The van der Waals surface area contributed by atoms with Gasteiger partial charge in [0, 0.05) is 12.6 Å². The van der Waals surface area contributed by atoms with Crippen molar-refractivity contribution in [3.63, 3.8) is 0 Å². The van der Waals surface area contributed by atoms with Gasteiger partial charge >= 0.3 is 6.18 Å². The molecule has 7 nitrogen and oxygen atoms in total. The molecule has 2 heterocycles. The molecule has 0 spiro atoms.